The Hall–Kier alpha value is -0.930. The Labute approximate surface area is 90.1 Å². The van der Waals surface area contributed by atoms with Crippen molar-refractivity contribution in [3.8, 4) is 0 Å². The van der Waals surface area contributed by atoms with Gasteiger partial charge in [-0.2, -0.15) is 0 Å². The summed E-state index contributed by atoms with van der Waals surface area (Å²) < 4.78 is 13.9. The van der Waals surface area contributed by atoms with Crippen LogP contribution in [0.1, 0.15) is 11.7 Å². The first-order valence-corrected chi connectivity index (χ1v) is 5.48. The van der Waals surface area contributed by atoms with E-state index in [0.29, 0.717) is 6.54 Å². The van der Waals surface area contributed by atoms with Crippen molar-refractivity contribution in [3.05, 3.63) is 35.9 Å². The van der Waals surface area contributed by atoms with Gasteiger partial charge in [0.15, 0.2) is 0 Å². The second-order valence-corrected chi connectivity index (χ2v) is 3.93. The molecule has 0 amide bonds. The van der Waals surface area contributed by atoms with E-state index in [1.807, 2.05) is 30.3 Å². The van der Waals surface area contributed by atoms with Crippen LogP contribution in [0.25, 0.3) is 0 Å². The van der Waals surface area contributed by atoms with E-state index < -0.39 is 6.17 Å². The molecule has 0 radical (unpaired) electrons. The summed E-state index contributed by atoms with van der Waals surface area (Å²) in [6, 6.07) is 9.40. The number of piperazine rings is 1. The molecule has 1 aliphatic heterocycles. The standard InChI is InChI=1S/C12H17FN2/c13-12(11-4-2-1-3-5-11)10-15-8-6-14-7-9-15/h1-5,12,14H,6-10H2. The van der Waals surface area contributed by atoms with Gasteiger partial charge in [-0.3, -0.25) is 4.90 Å². The van der Waals surface area contributed by atoms with E-state index in [9.17, 15) is 4.39 Å². The summed E-state index contributed by atoms with van der Waals surface area (Å²) in [6.45, 7) is 4.37. The molecule has 0 spiro atoms. The fraction of sp³-hybridized carbons (Fsp3) is 0.500. The summed E-state index contributed by atoms with van der Waals surface area (Å²) in [5.41, 5.74) is 0.788. The van der Waals surface area contributed by atoms with Gasteiger partial charge in [-0.05, 0) is 5.56 Å². The molecule has 1 atom stereocenters. The monoisotopic (exact) mass is 208 g/mol. The van der Waals surface area contributed by atoms with Gasteiger partial charge in [-0.25, -0.2) is 4.39 Å². The average molecular weight is 208 g/mol. The molecule has 1 aromatic carbocycles. The van der Waals surface area contributed by atoms with Crippen molar-refractivity contribution < 1.29 is 4.39 Å². The van der Waals surface area contributed by atoms with Crippen LogP contribution in [0.2, 0.25) is 0 Å². The number of hydrogen-bond donors (Lipinski definition) is 1. The Bertz CT molecular complexity index is 283. The highest BCUT2D eigenvalue weighted by molar-refractivity contribution is 5.17. The number of hydrogen-bond acceptors (Lipinski definition) is 2. The fourth-order valence-electron chi connectivity index (χ4n) is 1.89. The van der Waals surface area contributed by atoms with E-state index in [2.05, 4.69) is 10.2 Å². The van der Waals surface area contributed by atoms with Crippen LogP contribution >= 0.6 is 0 Å². The minimum Gasteiger partial charge on any atom is -0.314 e. The van der Waals surface area contributed by atoms with E-state index in [-0.39, 0.29) is 0 Å². The Morgan fingerprint density at radius 1 is 1.20 bits per heavy atom. The molecule has 2 rings (SSSR count). The summed E-state index contributed by atoms with van der Waals surface area (Å²) >= 11 is 0. The molecule has 1 aromatic rings. The second-order valence-electron chi connectivity index (χ2n) is 3.93. The molecule has 15 heavy (non-hydrogen) atoms. The van der Waals surface area contributed by atoms with Crippen LogP contribution in [-0.4, -0.2) is 37.6 Å². The van der Waals surface area contributed by atoms with Crippen molar-refractivity contribution in [1.82, 2.24) is 10.2 Å². The molecule has 3 heteroatoms. The molecule has 1 N–H and O–H groups in total. The van der Waals surface area contributed by atoms with Crippen molar-refractivity contribution in [1.29, 1.82) is 0 Å². The van der Waals surface area contributed by atoms with Crippen LogP contribution in [0, 0.1) is 0 Å². The number of rotatable bonds is 3. The average Bonchev–Trinajstić information content (AvgIpc) is 2.31. The first-order chi connectivity index (χ1) is 7.36. The number of nitrogens with zero attached hydrogens (tertiary/aromatic N) is 1. The third kappa shape index (κ3) is 3.01. The lowest BCUT2D eigenvalue weighted by molar-refractivity contribution is 0.175. The topological polar surface area (TPSA) is 15.3 Å². The summed E-state index contributed by atoms with van der Waals surface area (Å²) in [4.78, 5) is 2.17. The first-order valence-electron chi connectivity index (χ1n) is 5.48. The van der Waals surface area contributed by atoms with Crippen molar-refractivity contribution in [3.63, 3.8) is 0 Å². The maximum absolute atomic E-state index is 13.9. The van der Waals surface area contributed by atoms with Crippen LogP contribution in [-0.2, 0) is 0 Å². The summed E-state index contributed by atoms with van der Waals surface area (Å²) in [5, 5.41) is 3.26. The normalized spacial score (nSPS) is 20.1. The summed E-state index contributed by atoms with van der Waals surface area (Å²) in [5.74, 6) is 0. The summed E-state index contributed by atoms with van der Waals surface area (Å²) in [6.07, 6.45) is -0.857. The third-order valence-corrected chi connectivity index (χ3v) is 2.79. The Morgan fingerprint density at radius 3 is 2.53 bits per heavy atom. The van der Waals surface area contributed by atoms with Crippen LogP contribution in [0.15, 0.2) is 30.3 Å². The third-order valence-electron chi connectivity index (χ3n) is 2.79. The zero-order valence-corrected chi connectivity index (χ0v) is 8.82. The molecular formula is C12H17FN2. The zero-order valence-electron chi connectivity index (χ0n) is 8.82. The van der Waals surface area contributed by atoms with E-state index >= 15 is 0 Å². The van der Waals surface area contributed by atoms with Crippen molar-refractivity contribution >= 4 is 0 Å². The Balaban J connectivity index is 1.88. The quantitative estimate of drug-likeness (QED) is 0.811. The first kappa shape index (κ1) is 10.6. The van der Waals surface area contributed by atoms with Gasteiger partial charge in [0.1, 0.15) is 6.17 Å². The van der Waals surface area contributed by atoms with E-state index in [4.69, 9.17) is 0 Å². The van der Waals surface area contributed by atoms with Gasteiger partial charge in [-0.15, -0.1) is 0 Å². The number of halogens is 1. The van der Waals surface area contributed by atoms with E-state index in [1.54, 1.807) is 0 Å². The van der Waals surface area contributed by atoms with Gasteiger partial charge < -0.3 is 5.32 Å². The minimum atomic E-state index is -0.857. The summed E-state index contributed by atoms with van der Waals surface area (Å²) in [7, 11) is 0. The highest BCUT2D eigenvalue weighted by Crippen LogP contribution is 2.18. The molecule has 1 aliphatic rings. The SMILES string of the molecule is FC(CN1CCNCC1)c1ccccc1. The van der Waals surface area contributed by atoms with Crippen LogP contribution in [0.3, 0.4) is 0 Å². The lowest BCUT2D eigenvalue weighted by Crippen LogP contribution is -2.44. The molecule has 2 nitrogen and oxygen atoms in total. The molecule has 0 bridgehead atoms. The molecule has 1 fully saturated rings. The molecule has 0 aliphatic carbocycles. The highest BCUT2D eigenvalue weighted by atomic mass is 19.1. The van der Waals surface area contributed by atoms with Crippen LogP contribution < -0.4 is 5.32 Å². The maximum Gasteiger partial charge on any atom is 0.138 e. The van der Waals surface area contributed by atoms with E-state index in [0.717, 1.165) is 31.7 Å². The molecule has 0 aromatic heterocycles. The number of benzene rings is 1. The lowest BCUT2D eigenvalue weighted by atomic mass is 10.1. The van der Waals surface area contributed by atoms with Crippen molar-refractivity contribution in [2.45, 2.75) is 6.17 Å². The van der Waals surface area contributed by atoms with Gasteiger partial charge in [0.2, 0.25) is 0 Å². The Morgan fingerprint density at radius 2 is 1.87 bits per heavy atom. The zero-order chi connectivity index (χ0) is 10.5. The largest absolute Gasteiger partial charge is 0.314 e. The van der Waals surface area contributed by atoms with Gasteiger partial charge in [0, 0.05) is 32.7 Å². The molecule has 82 valence electrons. The predicted octanol–water partition coefficient (Wildman–Crippen LogP) is 1.60. The molecule has 0 saturated carbocycles. The fourth-order valence-corrected chi connectivity index (χ4v) is 1.89. The smallest absolute Gasteiger partial charge is 0.138 e. The molecular weight excluding hydrogens is 191 g/mol. The Kier molecular flexibility index (Phi) is 3.69. The number of alkyl halides is 1. The van der Waals surface area contributed by atoms with E-state index in [1.165, 1.54) is 0 Å². The number of nitrogens with one attached hydrogen (secondary N) is 1. The highest BCUT2D eigenvalue weighted by Gasteiger charge is 2.16. The van der Waals surface area contributed by atoms with Crippen LogP contribution in [0.4, 0.5) is 4.39 Å². The molecule has 1 saturated heterocycles. The minimum absolute atomic E-state index is 0.520. The maximum atomic E-state index is 13.9. The second kappa shape index (κ2) is 5.24. The van der Waals surface area contributed by atoms with Gasteiger partial charge in [-0.1, -0.05) is 30.3 Å². The molecule has 1 heterocycles. The lowest BCUT2D eigenvalue weighted by Gasteiger charge is -2.28. The van der Waals surface area contributed by atoms with Gasteiger partial charge >= 0.3 is 0 Å². The predicted molar refractivity (Wildman–Crippen MR) is 59.6 cm³/mol. The van der Waals surface area contributed by atoms with Gasteiger partial charge in [0.25, 0.3) is 0 Å². The molecule has 1 unspecified atom stereocenters. The van der Waals surface area contributed by atoms with Crippen molar-refractivity contribution in [2.24, 2.45) is 0 Å². The van der Waals surface area contributed by atoms with Gasteiger partial charge in [0.05, 0.1) is 0 Å². The van der Waals surface area contributed by atoms with Crippen LogP contribution in [0.5, 0.6) is 0 Å². The van der Waals surface area contributed by atoms with Crippen molar-refractivity contribution in [2.75, 3.05) is 32.7 Å².